The zero-order valence-corrected chi connectivity index (χ0v) is 11.7. The van der Waals surface area contributed by atoms with Crippen LogP contribution in [0.15, 0.2) is 36.8 Å². The number of anilines is 2. The monoisotopic (exact) mass is 294 g/mol. The molecule has 1 aromatic carbocycles. The highest BCUT2D eigenvalue weighted by molar-refractivity contribution is 5.90. The summed E-state index contributed by atoms with van der Waals surface area (Å²) in [6.07, 6.45) is 2.51. The molecule has 1 aromatic heterocycles. The van der Waals surface area contributed by atoms with E-state index in [-0.39, 0.29) is 5.91 Å². The fourth-order valence-corrected chi connectivity index (χ4v) is 1.41. The molecule has 0 radical (unpaired) electrons. The molecule has 0 saturated heterocycles. The van der Waals surface area contributed by atoms with Gasteiger partial charge in [0.25, 0.3) is 0 Å². The van der Waals surface area contributed by atoms with Crippen LogP contribution in [-0.4, -0.2) is 22.7 Å². The van der Waals surface area contributed by atoms with Crippen molar-refractivity contribution in [3.8, 4) is 0 Å². The third-order valence-electron chi connectivity index (χ3n) is 2.37. The third-order valence-corrected chi connectivity index (χ3v) is 2.37. The molecule has 2 aromatic rings. The van der Waals surface area contributed by atoms with Crippen molar-refractivity contribution < 1.29 is 13.6 Å². The number of alkyl halides is 1. The van der Waals surface area contributed by atoms with Crippen molar-refractivity contribution in [1.29, 1.82) is 0 Å². The first kappa shape index (κ1) is 16.5. The molecule has 1 heterocycles. The highest BCUT2D eigenvalue weighted by Gasteiger charge is 2.01. The lowest BCUT2D eigenvalue weighted by molar-refractivity contribution is -0.114. The molecule has 112 valence electrons. The number of hydrogen-bond acceptors (Lipinski definition) is 4. The molecule has 0 unspecified atom stereocenters. The Kier molecular flexibility index (Phi) is 6.73. The summed E-state index contributed by atoms with van der Waals surface area (Å²) in [6, 6.07) is 6.49. The Morgan fingerprint density at radius 3 is 2.57 bits per heavy atom. The predicted molar refractivity (Wildman–Crippen MR) is 77.1 cm³/mol. The van der Waals surface area contributed by atoms with E-state index in [1.807, 2.05) is 13.0 Å². The standard InChI is InChI=1S/C10H13FN2O.C4H3FN2/c1-7-3-4-9(12-6-11)5-10(7)13-8(2)14;5-4-1-2-6-3-7-4/h3-5,12H,6H2,1-2H3,(H,13,14);1-3H. The molecule has 0 aliphatic rings. The molecule has 21 heavy (non-hydrogen) atoms. The summed E-state index contributed by atoms with van der Waals surface area (Å²) in [5.74, 6) is -0.625. The van der Waals surface area contributed by atoms with Crippen molar-refractivity contribution in [3.05, 3.63) is 48.3 Å². The van der Waals surface area contributed by atoms with Gasteiger partial charge in [-0.3, -0.25) is 4.79 Å². The second-order valence-corrected chi connectivity index (χ2v) is 4.05. The predicted octanol–water partition coefficient (Wildman–Crippen LogP) is 2.91. The number of carbonyl (C=O) groups excluding carboxylic acids is 1. The zero-order chi connectivity index (χ0) is 15.7. The summed E-state index contributed by atoms with van der Waals surface area (Å²) in [7, 11) is 0. The fraction of sp³-hybridized carbons (Fsp3) is 0.214. The molecular weight excluding hydrogens is 278 g/mol. The fourth-order valence-electron chi connectivity index (χ4n) is 1.41. The van der Waals surface area contributed by atoms with Crippen LogP contribution in [0.25, 0.3) is 0 Å². The van der Waals surface area contributed by atoms with Crippen molar-refractivity contribution in [2.24, 2.45) is 0 Å². The van der Waals surface area contributed by atoms with E-state index in [1.54, 1.807) is 12.1 Å². The summed E-state index contributed by atoms with van der Waals surface area (Å²) in [5, 5.41) is 5.20. The van der Waals surface area contributed by atoms with Gasteiger partial charge in [-0.05, 0) is 24.6 Å². The molecule has 0 aliphatic heterocycles. The van der Waals surface area contributed by atoms with Gasteiger partial charge in [-0.2, -0.15) is 4.39 Å². The SMILES string of the molecule is CC(=O)Nc1cc(NCF)ccc1C.Fc1ccncn1. The Bertz CT molecular complexity index is 578. The van der Waals surface area contributed by atoms with Gasteiger partial charge in [0.2, 0.25) is 11.9 Å². The molecule has 5 nitrogen and oxygen atoms in total. The lowest BCUT2D eigenvalue weighted by Crippen LogP contribution is -2.07. The van der Waals surface area contributed by atoms with Crippen molar-refractivity contribution >= 4 is 17.3 Å². The van der Waals surface area contributed by atoms with Crippen LogP contribution in [0.1, 0.15) is 12.5 Å². The Hall–Kier alpha value is -2.57. The molecule has 2 N–H and O–H groups in total. The highest BCUT2D eigenvalue weighted by atomic mass is 19.1. The number of amides is 1. The van der Waals surface area contributed by atoms with Crippen LogP contribution in [0.5, 0.6) is 0 Å². The first-order chi connectivity index (χ1) is 10.0. The number of benzene rings is 1. The quantitative estimate of drug-likeness (QED) is 0.674. The summed E-state index contributed by atoms with van der Waals surface area (Å²) < 4.78 is 23.7. The maximum absolute atomic E-state index is 12.0. The van der Waals surface area contributed by atoms with Crippen LogP contribution >= 0.6 is 0 Å². The Morgan fingerprint density at radius 2 is 2.10 bits per heavy atom. The third kappa shape index (κ3) is 6.42. The lowest BCUT2D eigenvalue weighted by Gasteiger charge is -2.09. The average Bonchev–Trinajstić information content (AvgIpc) is 2.44. The number of halogens is 2. The molecule has 0 fully saturated rings. The van der Waals surface area contributed by atoms with Gasteiger partial charge in [0.05, 0.1) is 0 Å². The lowest BCUT2D eigenvalue weighted by atomic mass is 10.2. The van der Waals surface area contributed by atoms with E-state index in [9.17, 15) is 13.6 Å². The molecule has 0 atom stereocenters. The van der Waals surface area contributed by atoms with Gasteiger partial charge in [-0.1, -0.05) is 6.07 Å². The summed E-state index contributed by atoms with van der Waals surface area (Å²) >= 11 is 0. The minimum Gasteiger partial charge on any atom is -0.358 e. The second kappa shape index (κ2) is 8.57. The van der Waals surface area contributed by atoms with Crippen molar-refractivity contribution in [3.63, 3.8) is 0 Å². The maximum Gasteiger partial charge on any atom is 0.221 e. The van der Waals surface area contributed by atoms with E-state index in [1.165, 1.54) is 19.2 Å². The van der Waals surface area contributed by atoms with Gasteiger partial charge < -0.3 is 10.6 Å². The van der Waals surface area contributed by atoms with E-state index < -0.39 is 12.7 Å². The minimum atomic E-state index is -0.622. The van der Waals surface area contributed by atoms with Crippen LogP contribution in [0, 0.1) is 12.9 Å². The van der Waals surface area contributed by atoms with Crippen LogP contribution in [0.4, 0.5) is 20.2 Å². The number of hydrogen-bond donors (Lipinski definition) is 2. The molecule has 7 heteroatoms. The zero-order valence-electron chi connectivity index (χ0n) is 11.7. The first-order valence-corrected chi connectivity index (χ1v) is 6.12. The van der Waals surface area contributed by atoms with Crippen molar-refractivity contribution in [2.45, 2.75) is 13.8 Å². The molecule has 1 amide bonds. The Balaban J connectivity index is 0.000000262. The first-order valence-electron chi connectivity index (χ1n) is 6.12. The normalized spacial score (nSPS) is 9.33. The molecule has 0 aliphatic carbocycles. The molecule has 2 rings (SSSR count). The Morgan fingerprint density at radius 1 is 1.33 bits per heavy atom. The van der Waals surface area contributed by atoms with E-state index in [4.69, 9.17) is 0 Å². The van der Waals surface area contributed by atoms with Crippen molar-refractivity contribution in [1.82, 2.24) is 9.97 Å². The van der Waals surface area contributed by atoms with Gasteiger partial charge in [0, 0.05) is 30.6 Å². The second-order valence-electron chi connectivity index (χ2n) is 4.05. The summed E-state index contributed by atoms with van der Waals surface area (Å²) in [6.45, 7) is 2.70. The molecular formula is C14H16F2N4O. The number of carbonyl (C=O) groups is 1. The number of nitrogens with one attached hydrogen (secondary N) is 2. The Labute approximate surface area is 121 Å². The van der Waals surface area contributed by atoms with Crippen LogP contribution in [0.2, 0.25) is 0 Å². The van der Waals surface area contributed by atoms with Crippen LogP contribution < -0.4 is 10.6 Å². The molecule has 0 bridgehead atoms. The van der Waals surface area contributed by atoms with Gasteiger partial charge in [-0.25, -0.2) is 14.4 Å². The van der Waals surface area contributed by atoms with E-state index >= 15 is 0 Å². The molecule has 0 saturated carbocycles. The summed E-state index contributed by atoms with van der Waals surface area (Å²) in [5.41, 5.74) is 2.31. The van der Waals surface area contributed by atoms with Gasteiger partial charge >= 0.3 is 0 Å². The number of aryl methyl sites for hydroxylation is 1. The maximum atomic E-state index is 12.0. The van der Waals surface area contributed by atoms with Crippen molar-refractivity contribution in [2.75, 3.05) is 17.4 Å². The van der Waals surface area contributed by atoms with E-state index in [0.717, 1.165) is 11.9 Å². The van der Waals surface area contributed by atoms with Gasteiger partial charge in [-0.15, -0.1) is 0 Å². The van der Waals surface area contributed by atoms with Gasteiger partial charge in [0.1, 0.15) is 6.33 Å². The van der Waals surface area contributed by atoms with Crippen LogP contribution in [-0.2, 0) is 4.79 Å². The van der Waals surface area contributed by atoms with E-state index in [2.05, 4.69) is 20.6 Å². The number of aromatic nitrogens is 2. The van der Waals surface area contributed by atoms with Crippen LogP contribution in [0.3, 0.4) is 0 Å². The summed E-state index contributed by atoms with van der Waals surface area (Å²) in [4.78, 5) is 17.5. The van der Waals surface area contributed by atoms with E-state index in [0.29, 0.717) is 11.4 Å². The van der Waals surface area contributed by atoms with Gasteiger partial charge in [0.15, 0.2) is 6.80 Å². The minimum absolute atomic E-state index is 0.134. The molecule has 0 spiro atoms. The smallest absolute Gasteiger partial charge is 0.221 e. The topological polar surface area (TPSA) is 66.9 Å². The highest BCUT2D eigenvalue weighted by Crippen LogP contribution is 2.19. The number of rotatable bonds is 3. The average molecular weight is 294 g/mol. The number of nitrogens with zero attached hydrogens (tertiary/aromatic N) is 2. The largest absolute Gasteiger partial charge is 0.358 e.